The maximum atomic E-state index is 12.1. The van der Waals surface area contributed by atoms with Crippen LogP contribution < -0.4 is 5.32 Å². The molecule has 7 heteroatoms. The van der Waals surface area contributed by atoms with Crippen LogP contribution in [-0.4, -0.2) is 45.2 Å². The van der Waals surface area contributed by atoms with Crippen molar-refractivity contribution in [1.29, 1.82) is 0 Å². The third-order valence-corrected chi connectivity index (χ3v) is 8.68. The molecule has 0 aromatic heterocycles. The predicted octanol–water partition coefficient (Wildman–Crippen LogP) is 4.24. The van der Waals surface area contributed by atoms with Gasteiger partial charge < -0.3 is 19.2 Å². The molecule has 0 heterocycles. The molecule has 0 aliphatic rings. The zero-order valence-electron chi connectivity index (χ0n) is 17.4. The lowest BCUT2D eigenvalue weighted by molar-refractivity contribution is -0.141. The van der Waals surface area contributed by atoms with Crippen molar-refractivity contribution in [2.24, 2.45) is 0 Å². The van der Waals surface area contributed by atoms with Crippen LogP contribution in [0.1, 0.15) is 61.3 Å². The van der Waals surface area contributed by atoms with Gasteiger partial charge >= 0.3 is 12.1 Å². The summed E-state index contributed by atoms with van der Waals surface area (Å²) in [7, 11) is -1.91. The van der Waals surface area contributed by atoms with Gasteiger partial charge in [0.2, 0.25) is 0 Å². The van der Waals surface area contributed by atoms with Gasteiger partial charge in [0.1, 0.15) is 5.60 Å². The summed E-state index contributed by atoms with van der Waals surface area (Å²) in [5, 5.41) is 2.98. The highest BCUT2D eigenvalue weighted by atomic mass is 28.4. The molecule has 0 aromatic carbocycles. The van der Waals surface area contributed by atoms with Crippen molar-refractivity contribution in [3.63, 3.8) is 0 Å². The highest BCUT2D eigenvalue weighted by molar-refractivity contribution is 6.74. The van der Waals surface area contributed by atoms with Crippen molar-refractivity contribution in [3.8, 4) is 0 Å². The largest absolute Gasteiger partial charge is 0.466 e. The van der Waals surface area contributed by atoms with E-state index < -0.39 is 20.0 Å². The van der Waals surface area contributed by atoms with Gasteiger partial charge in [-0.05, 0) is 51.7 Å². The highest BCUT2D eigenvalue weighted by Crippen LogP contribution is 2.36. The van der Waals surface area contributed by atoms with E-state index in [1.54, 1.807) is 0 Å². The summed E-state index contributed by atoms with van der Waals surface area (Å²) in [4.78, 5) is 22.9. The van der Waals surface area contributed by atoms with E-state index in [9.17, 15) is 9.59 Å². The fourth-order valence-electron chi connectivity index (χ4n) is 1.74. The quantitative estimate of drug-likeness (QED) is 0.390. The van der Waals surface area contributed by atoms with Crippen LogP contribution in [0.5, 0.6) is 0 Å². The van der Waals surface area contributed by atoms with Gasteiger partial charge in [0.25, 0.3) is 0 Å². The summed E-state index contributed by atoms with van der Waals surface area (Å²) in [6.07, 6.45) is 0.853. The molecule has 1 atom stereocenters. The van der Waals surface area contributed by atoms with E-state index in [2.05, 4.69) is 39.2 Å². The van der Waals surface area contributed by atoms with E-state index in [0.717, 1.165) is 0 Å². The number of hydrogen-bond donors (Lipinski definition) is 1. The Morgan fingerprint density at radius 2 is 1.64 bits per heavy atom. The molecule has 0 spiro atoms. The normalized spacial score (nSPS) is 14.0. The predicted molar refractivity (Wildman–Crippen MR) is 102 cm³/mol. The SMILES string of the molecule is CC(=O)OCCC[C@@H](CO[Si](C)(C)C(C)(C)C)NC(=O)OC(C)(C)C. The summed E-state index contributed by atoms with van der Waals surface area (Å²) in [6.45, 7) is 18.5. The van der Waals surface area contributed by atoms with Gasteiger partial charge in [-0.2, -0.15) is 0 Å². The zero-order valence-corrected chi connectivity index (χ0v) is 18.4. The smallest absolute Gasteiger partial charge is 0.407 e. The van der Waals surface area contributed by atoms with Crippen LogP contribution in [-0.2, 0) is 18.7 Å². The van der Waals surface area contributed by atoms with Gasteiger partial charge in [0.15, 0.2) is 8.32 Å². The summed E-state index contributed by atoms with van der Waals surface area (Å²) >= 11 is 0. The molecule has 0 rings (SSSR count). The van der Waals surface area contributed by atoms with Crippen molar-refractivity contribution in [2.45, 2.75) is 91.1 Å². The van der Waals surface area contributed by atoms with E-state index in [0.29, 0.717) is 26.1 Å². The number of ether oxygens (including phenoxy) is 2. The average Bonchev–Trinajstić information content (AvgIpc) is 2.36. The van der Waals surface area contributed by atoms with Crippen molar-refractivity contribution in [3.05, 3.63) is 0 Å². The first-order valence-corrected chi connectivity index (χ1v) is 11.8. The molecule has 1 amide bonds. The van der Waals surface area contributed by atoms with Gasteiger partial charge in [-0.15, -0.1) is 0 Å². The number of hydrogen-bond acceptors (Lipinski definition) is 5. The molecule has 148 valence electrons. The summed E-state index contributed by atoms with van der Waals surface area (Å²) in [5.41, 5.74) is -0.549. The third-order valence-electron chi connectivity index (χ3n) is 4.17. The van der Waals surface area contributed by atoms with Gasteiger partial charge in [0, 0.05) is 6.92 Å². The number of carbonyl (C=O) groups excluding carboxylic acids is 2. The molecule has 0 radical (unpaired) electrons. The van der Waals surface area contributed by atoms with Crippen LogP contribution in [0.25, 0.3) is 0 Å². The molecule has 1 N–H and O–H groups in total. The lowest BCUT2D eigenvalue weighted by Crippen LogP contribution is -2.47. The second-order valence-corrected chi connectivity index (χ2v) is 13.7. The van der Waals surface area contributed by atoms with Crippen LogP contribution in [0.2, 0.25) is 18.1 Å². The van der Waals surface area contributed by atoms with Crippen LogP contribution in [0.4, 0.5) is 4.79 Å². The minimum absolute atomic E-state index is 0.0984. The van der Waals surface area contributed by atoms with Crippen molar-refractivity contribution >= 4 is 20.4 Å². The maximum Gasteiger partial charge on any atom is 0.407 e. The Morgan fingerprint density at radius 1 is 1.08 bits per heavy atom. The number of amides is 1. The Morgan fingerprint density at radius 3 is 2.08 bits per heavy atom. The first kappa shape index (κ1) is 23.9. The molecular weight excluding hydrogens is 338 g/mol. The summed E-state index contributed by atoms with van der Waals surface area (Å²) in [6, 6.07) is -0.181. The Labute approximate surface area is 154 Å². The fourth-order valence-corrected chi connectivity index (χ4v) is 2.79. The second-order valence-electron chi connectivity index (χ2n) is 8.90. The molecule has 0 aliphatic carbocycles. The molecule has 25 heavy (non-hydrogen) atoms. The minimum atomic E-state index is -1.91. The van der Waals surface area contributed by atoms with Crippen LogP contribution in [0, 0.1) is 0 Å². The van der Waals surface area contributed by atoms with Crippen LogP contribution >= 0.6 is 0 Å². The van der Waals surface area contributed by atoms with E-state index >= 15 is 0 Å². The topological polar surface area (TPSA) is 73.9 Å². The zero-order chi connectivity index (χ0) is 19.9. The lowest BCUT2D eigenvalue weighted by Gasteiger charge is -2.37. The van der Waals surface area contributed by atoms with Gasteiger partial charge in [-0.25, -0.2) is 4.79 Å². The van der Waals surface area contributed by atoms with Crippen LogP contribution in [0.15, 0.2) is 0 Å². The van der Waals surface area contributed by atoms with Gasteiger partial charge in [-0.3, -0.25) is 4.79 Å². The molecule has 0 bridgehead atoms. The first-order chi connectivity index (χ1) is 11.1. The maximum absolute atomic E-state index is 12.1. The summed E-state index contributed by atoms with van der Waals surface area (Å²) < 4.78 is 16.5. The Kier molecular flexibility index (Phi) is 9.15. The van der Waals surface area contributed by atoms with E-state index in [4.69, 9.17) is 13.9 Å². The number of rotatable bonds is 8. The van der Waals surface area contributed by atoms with Gasteiger partial charge in [0.05, 0.1) is 19.3 Å². The third kappa shape index (κ3) is 11.2. The molecule has 0 aromatic rings. The minimum Gasteiger partial charge on any atom is -0.466 e. The van der Waals surface area contributed by atoms with E-state index in [1.165, 1.54) is 6.92 Å². The lowest BCUT2D eigenvalue weighted by atomic mass is 10.2. The fraction of sp³-hybridized carbons (Fsp3) is 0.889. The van der Waals surface area contributed by atoms with Crippen LogP contribution in [0.3, 0.4) is 0 Å². The van der Waals surface area contributed by atoms with E-state index in [-0.39, 0.29) is 17.0 Å². The second kappa shape index (κ2) is 9.57. The molecule has 0 aliphatic heterocycles. The first-order valence-electron chi connectivity index (χ1n) is 8.91. The molecule has 0 saturated carbocycles. The van der Waals surface area contributed by atoms with Crippen molar-refractivity contribution < 1.29 is 23.5 Å². The Balaban J connectivity index is 4.72. The van der Waals surface area contributed by atoms with Gasteiger partial charge in [-0.1, -0.05) is 20.8 Å². The number of nitrogens with one attached hydrogen (secondary N) is 1. The van der Waals surface area contributed by atoms with Crippen molar-refractivity contribution in [1.82, 2.24) is 5.32 Å². The van der Waals surface area contributed by atoms with Crippen molar-refractivity contribution in [2.75, 3.05) is 13.2 Å². The number of carbonyl (C=O) groups is 2. The number of esters is 1. The number of alkyl carbamates (subject to hydrolysis) is 1. The average molecular weight is 376 g/mol. The standard InChI is InChI=1S/C18H37NO5Si/c1-14(20)22-12-10-11-15(19-16(21)24-17(2,3)4)13-23-25(8,9)18(5,6)7/h15H,10-13H2,1-9H3,(H,19,21)/t15-/m0/s1. The summed E-state index contributed by atoms with van der Waals surface area (Å²) in [5.74, 6) is -0.297. The molecular formula is C18H37NO5Si. The molecule has 0 fully saturated rings. The highest BCUT2D eigenvalue weighted by Gasteiger charge is 2.37. The monoisotopic (exact) mass is 375 g/mol. The Bertz CT molecular complexity index is 438. The Hall–Kier alpha value is -1.08. The molecule has 6 nitrogen and oxygen atoms in total. The molecule has 0 saturated heterocycles. The molecule has 0 unspecified atom stereocenters. The van der Waals surface area contributed by atoms with E-state index in [1.807, 2.05) is 20.8 Å².